The number of benzene rings is 1. The van der Waals surface area contributed by atoms with Crippen LogP contribution in [0, 0.1) is 0 Å². The number of alkyl halides is 1. The first kappa shape index (κ1) is 13.5. The number of hydrogen-bond donors (Lipinski definition) is 1. The molecule has 0 aromatic heterocycles. The van der Waals surface area contributed by atoms with Gasteiger partial charge in [-0.3, -0.25) is 4.79 Å². The fourth-order valence-electron chi connectivity index (χ4n) is 1.48. The lowest BCUT2D eigenvalue weighted by Crippen LogP contribution is -2.33. The van der Waals surface area contributed by atoms with Crippen LogP contribution in [-0.4, -0.2) is 17.3 Å². The van der Waals surface area contributed by atoms with Gasteiger partial charge in [-0.1, -0.05) is 22.0 Å². The number of rotatable bonds is 4. The van der Waals surface area contributed by atoms with Gasteiger partial charge in [0.1, 0.15) is 0 Å². The lowest BCUT2D eigenvalue weighted by molar-refractivity contribution is 0.0938. The molecule has 0 spiro atoms. The van der Waals surface area contributed by atoms with Crippen LogP contribution in [0.4, 0.5) is 0 Å². The molecule has 2 nitrogen and oxygen atoms in total. The molecule has 0 bridgehead atoms. The van der Waals surface area contributed by atoms with E-state index in [1.54, 1.807) is 12.1 Å². The van der Waals surface area contributed by atoms with Gasteiger partial charge in [-0.05, 0) is 38.5 Å². The predicted molar refractivity (Wildman–Crippen MR) is 71.0 cm³/mol. The summed E-state index contributed by atoms with van der Waals surface area (Å²) in [6.07, 6.45) is 0.765. The predicted octanol–water partition coefficient (Wildman–Crippen LogP) is 3.58. The van der Waals surface area contributed by atoms with Crippen molar-refractivity contribution in [3.8, 4) is 0 Å². The van der Waals surface area contributed by atoms with Crippen molar-refractivity contribution >= 4 is 33.4 Å². The fourth-order valence-corrected chi connectivity index (χ4v) is 2.15. The zero-order valence-corrected chi connectivity index (χ0v) is 11.7. The maximum atomic E-state index is 11.8. The van der Waals surface area contributed by atoms with E-state index in [9.17, 15) is 4.79 Å². The molecular formula is C12H15BrClNO. The second kappa shape index (κ2) is 6.26. The first-order valence-electron chi connectivity index (χ1n) is 5.19. The number of hydrogen-bond acceptors (Lipinski definition) is 1. The van der Waals surface area contributed by atoms with Gasteiger partial charge in [-0.25, -0.2) is 0 Å². The van der Waals surface area contributed by atoms with Gasteiger partial charge in [0.15, 0.2) is 0 Å². The van der Waals surface area contributed by atoms with Gasteiger partial charge in [-0.2, -0.15) is 0 Å². The van der Waals surface area contributed by atoms with Crippen molar-refractivity contribution in [3.05, 3.63) is 34.3 Å². The maximum Gasteiger partial charge on any atom is 0.251 e. The van der Waals surface area contributed by atoms with Crippen molar-refractivity contribution < 1.29 is 4.79 Å². The lowest BCUT2D eigenvalue weighted by Gasteiger charge is -2.15. The highest BCUT2D eigenvalue weighted by Crippen LogP contribution is 2.12. The molecule has 16 heavy (non-hydrogen) atoms. The Hall–Kier alpha value is -0.540. The Morgan fingerprint density at radius 1 is 1.50 bits per heavy atom. The van der Waals surface area contributed by atoms with Gasteiger partial charge < -0.3 is 5.32 Å². The summed E-state index contributed by atoms with van der Waals surface area (Å²) in [6.45, 7) is 3.87. The summed E-state index contributed by atoms with van der Waals surface area (Å²) in [6, 6.07) is 7.40. The van der Waals surface area contributed by atoms with E-state index in [1.807, 2.05) is 26.0 Å². The van der Waals surface area contributed by atoms with Gasteiger partial charge in [-0.15, -0.1) is 11.6 Å². The van der Waals surface area contributed by atoms with E-state index in [4.69, 9.17) is 11.6 Å². The van der Waals surface area contributed by atoms with Crippen molar-refractivity contribution in [2.45, 2.75) is 31.7 Å². The van der Waals surface area contributed by atoms with Gasteiger partial charge in [0.2, 0.25) is 0 Å². The molecule has 88 valence electrons. The summed E-state index contributed by atoms with van der Waals surface area (Å²) in [4.78, 5) is 11.8. The Morgan fingerprint density at radius 3 is 2.75 bits per heavy atom. The largest absolute Gasteiger partial charge is 0.350 e. The van der Waals surface area contributed by atoms with Crippen LogP contribution in [0.1, 0.15) is 30.6 Å². The van der Waals surface area contributed by atoms with Crippen LogP contribution in [-0.2, 0) is 0 Å². The zero-order chi connectivity index (χ0) is 12.1. The Labute approximate surface area is 110 Å². The number of carbonyl (C=O) groups is 1. The number of halogens is 2. The summed E-state index contributed by atoms with van der Waals surface area (Å²) < 4.78 is 0.901. The molecule has 0 aliphatic heterocycles. The first-order chi connectivity index (χ1) is 7.49. The molecule has 0 aliphatic carbocycles. The fraction of sp³-hybridized carbons (Fsp3) is 0.417. The Morgan fingerprint density at radius 2 is 2.19 bits per heavy atom. The van der Waals surface area contributed by atoms with Gasteiger partial charge in [0.05, 0.1) is 0 Å². The molecular weight excluding hydrogens is 289 g/mol. The SMILES string of the molecule is CC(Cl)CC(C)NC(=O)c1cccc(Br)c1. The van der Waals surface area contributed by atoms with Crippen molar-refractivity contribution in [1.29, 1.82) is 0 Å². The minimum absolute atomic E-state index is 0.0638. The topological polar surface area (TPSA) is 29.1 Å². The lowest BCUT2D eigenvalue weighted by atomic mass is 10.1. The van der Waals surface area contributed by atoms with Crippen LogP contribution in [0.15, 0.2) is 28.7 Å². The average Bonchev–Trinajstić information content (AvgIpc) is 2.16. The molecule has 2 unspecified atom stereocenters. The molecule has 1 aromatic rings. The first-order valence-corrected chi connectivity index (χ1v) is 6.42. The van der Waals surface area contributed by atoms with E-state index in [2.05, 4.69) is 21.2 Å². The molecule has 1 amide bonds. The third kappa shape index (κ3) is 4.54. The molecule has 1 aromatic carbocycles. The van der Waals surface area contributed by atoms with E-state index in [1.165, 1.54) is 0 Å². The van der Waals surface area contributed by atoms with Gasteiger partial charge >= 0.3 is 0 Å². The summed E-state index contributed by atoms with van der Waals surface area (Å²) in [5.74, 6) is -0.0638. The third-order valence-corrected chi connectivity index (χ3v) is 2.81. The van der Waals surface area contributed by atoms with E-state index >= 15 is 0 Å². The van der Waals surface area contributed by atoms with Crippen molar-refractivity contribution in [3.63, 3.8) is 0 Å². The second-order valence-corrected chi connectivity index (χ2v) is 5.56. The Kier molecular flexibility index (Phi) is 5.29. The van der Waals surface area contributed by atoms with E-state index in [0.717, 1.165) is 10.9 Å². The molecule has 0 aliphatic rings. The molecule has 0 saturated carbocycles. The van der Waals surface area contributed by atoms with Crippen LogP contribution in [0.2, 0.25) is 0 Å². The molecule has 0 saturated heterocycles. The summed E-state index contributed by atoms with van der Waals surface area (Å²) in [7, 11) is 0. The minimum Gasteiger partial charge on any atom is -0.350 e. The normalized spacial score (nSPS) is 14.2. The van der Waals surface area contributed by atoms with E-state index in [0.29, 0.717) is 5.56 Å². The van der Waals surface area contributed by atoms with Crippen LogP contribution in [0.25, 0.3) is 0 Å². The smallest absolute Gasteiger partial charge is 0.251 e. The van der Waals surface area contributed by atoms with Gasteiger partial charge in [0, 0.05) is 21.5 Å². The number of carbonyl (C=O) groups excluding carboxylic acids is 1. The number of nitrogens with one attached hydrogen (secondary N) is 1. The van der Waals surface area contributed by atoms with Crippen LogP contribution < -0.4 is 5.32 Å². The summed E-state index contributed by atoms with van der Waals surface area (Å²) in [5.41, 5.74) is 0.656. The Balaban J connectivity index is 2.59. The number of amides is 1. The molecule has 0 fully saturated rings. The maximum absolute atomic E-state index is 11.8. The summed E-state index contributed by atoms with van der Waals surface area (Å²) in [5, 5.41) is 2.98. The molecule has 0 radical (unpaired) electrons. The molecule has 1 rings (SSSR count). The monoisotopic (exact) mass is 303 g/mol. The molecule has 1 N–H and O–H groups in total. The zero-order valence-electron chi connectivity index (χ0n) is 9.34. The van der Waals surface area contributed by atoms with Crippen LogP contribution in [0.3, 0.4) is 0 Å². The van der Waals surface area contributed by atoms with Crippen molar-refractivity contribution in [2.24, 2.45) is 0 Å². The highest BCUT2D eigenvalue weighted by molar-refractivity contribution is 9.10. The van der Waals surface area contributed by atoms with Gasteiger partial charge in [0.25, 0.3) is 5.91 Å². The molecule has 4 heteroatoms. The minimum atomic E-state index is -0.0638. The van der Waals surface area contributed by atoms with Crippen molar-refractivity contribution in [1.82, 2.24) is 5.32 Å². The Bertz CT molecular complexity index is 368. The van der Waals surface area contributed by atoms with E-state index < -0.39 is 0 Å². The van der Waals surface area contributed by atoms with Crippen molar-refractivity contribution in [2.75, 3.05) is 0 Å². The summed E-state index contributed by atoms with van der Waals surface area (Å²) >= 11 is 9.20. The van der Waals surface area contributed by atoms with E-state index in [-0.39, 0.29) is 17.3 Å². The average molecular weight is 305 g/mol. The second-order valence-electron chi connectivity index (χ2n) is 3.90. The van der Waals surface area contributed by atoms with Crippen LogP contribution in [0.5, 0.6) is 0 Å². The highest BCUT2D eigenvalue weighted by atomic mass is 79.9. The molecule has 2 atom stereocenters. The molecule has 0 heterocycles. The highest BCUT2D eigenvalue weighted by Gasteiger charge is 2.11. The third-order valence-electron chi connectivity index (χ3n) is 2.14. The van der Waals surface area contributed by atoms with Crippen LogP contribution >= 0.6 is 27.5 Å². The quantitative estimate of drug-likeness (QED) is 0.846. The standard InChI is InChI=1S/C12H15BrClNO/c1-8(14)6-9(2)15-12(16)10-4-3-5-11(13)7-10/h3-5,7-9H,6H2,1-2H3,(H,15,16).